The maximum absolute atomic E-state index is 13.4. The largest absolute Gasteiger partial charge is 0.366 e. The van der Waals surface area contributed by atoms with Crippen LogP contribution in [-0.4, -0.2) is 29.8 Å². The van der Waals surface area contributed by atoms with Gasteiger partial charge < -0.3 is 4.90 Å². The number of carbonyl (C=O) groups excluding carboxylic acids is 2. The molecule has 26 heavy (non-hydrogen) atoms. The van der Waals surface area contributed by atoms with Crippen molar-refractivity contribution in [1.82, 2.24) is 4.90 Å². The highest BCUT2D eigenvalue weighted by Gasteiger charge is 2.43. The van der Waals surface area contributed by atoms with Crippen molar-refractivity contribution < 1.29 is 9.59 Å². The van der Waals surface area contributed by atoms with Crippen LogP contribution >= 0.6 is 0 Å². The molecule has 1 saturated heterocycles. The molecular weight excluding hydrogens is 324 g/mol. The number of hydrogen-bond donors (Lipinski definition) is 0. The minimum absolute atomic E-state index is 0.204. The molecule has 0 atom stereocenters. The maximum Gasteiger partial charge on any atom is 0.282 e. The first-order valence-electron chi connectivity index (χ1n) is 9.09. The molecule has 4 nitrogen and oxygen atoms in total. The van der Waals surface area contributed by atoms with Gasteiger partial charge in [-0.2, -0.15) is 0 Å². The molecule has 0 aliphatic carbocycles. The first-order valence-corrected chi connectivity index (χ1v) is 9.09. The van der Waals surface area contributed by atoms with Crippen LogP contribution in [0.15, 0.2) is 54.2 Å². The first-order chi connectivity index (χ1) is 12.6. The third-order valence-electron chi connectivity index (χ3n) is 5.36. The normalized spacial score (nSPS) is 17.6. The van der Waals surface area contributed by atoms with E-state index >= 15 is 0 Å². The smallest absolute Gasteiger partial charge is 0.282 e. The van der Waals surface area contributed by atoms with Gasteiger partial charge in [0, 0.05) is 13.1 Å². The second-order valence-corrected chi connectivity index (χ2v) is 6.95. The Kier molecular flexibility index (Phi) is 4.11. The summed E-state index contributed by atoms with van der Waals surface area (Å²) in [6, 6.07) is 15.3. The third kappa shape index (κ3) is 2.53. The first kappa shape index (κ1) is 16.6. The van der Waals surface area contributed by atoms with Crippen LogP contribution in [0, 0.1) is 13.8 Å². The van der Waals surface area contributed by atoms with Crippen LogP contribution in [0.2, 0.25) is 0 Å². The number of rotatable bonds is 3. The number of amides is 2. The summed E-state index contributed by atoms with van der Waals surface area (Å²) in [5.41, 5.74) is 4.60. The summed E-state index contributed by atoms with van der Waals surface area (Å²) in [6.07, 6.45) is 2.10. The molecule has 1 fully saturated rings. The molecule has 2 amide bonds. The number of aryl methyl sites for hydroxylation is 1. The molecule has 0 spiro atoms. The topological polar surface area (TPSA) is 40.6 Å². The fraction of sp³-hybridized carbons (Fsp3) is 0.273. The van der Waals surface area contributed by atoms with Gasteiger partial charge in [0.15, 0.2) is 0 Å². The average molecular weight is 346 g/mol. The van der Waals surface area contributed by atoms with E-state index in [1.807, 2.05) is 62.4 Å². The van der Waals surface area contributed by atoms with Crippen molar-refractivity contribution in [2.75, 3.05) is 18.0 Å². The Morgan fingerprint density at radius 3 is 2.19 bits per heavy atom. The van der Waals surface area contributed by atoms with Crippen molar-refractivity contribution in [3.05, 3.63) is 70.9 Å². The van der Waals surface area contributed by atoms with Gasteiger partial charge in [0.1, 0.15) is 5.70 Å². The molecule has 2 aromatic rings. The lowest BCUT2D eigenvalue weighted by molar-refractivity contribution is -0.120. The van der Waals surface area contributed by atoms with Crippen LogP contribution in [-0.2, 0) is 9.59 Å². The van der Waals surface area contributed by atoms with Crippen LogP contribution in [0.5, 0.6) is 0 Å². The second kappa shape index (κ2) is 6.45. The van der Waals surface area contributed by atoms with Crippen LogP contribution in [0.4, 0.5) is 5.69 Å². The monoisotopic (exact) mass is 346 g/mol. The molecule has 132 valence electrons. The van der Waals surface area contributed by atoms with Gasteiger partial charge in [-0.15, -0.1) is 0 Å². The van der Waals surface area contributed by atoms with E-state index in [1.165, 1.54) is 4.90 Å². The highest BCUT2D eigenvalue weighted by Crippen LogP contribution is 2.37. The van der Waals surface area contributed by atoms with Crippen molar-refractivity contribution >= 4 is 23.1 Å². The van der Waals surface area contributed by atoms with E-state index in [9.17, 15) is 9.59 Å². The number of anilines is 1. The Morgan fingerprint density at radius 1 is 0.808 bits per heavy atom. The number of nitrogens with zero attached hydrogens (tertiary/aromatic N) is 2. The highest BCUT2D eigenvalue weighted by atomic mass is 16.2. The molecule has 0 radical (unpaired) electrons. The van der Waals surface area contributed by atoms with E-state index in [-0.39, 0.29) is 11.8 Å². The zero-order chi connectivity index (χ0) is 18.3. The van der Waals surface area contributed by atoms with Crippen LogP contribution in [0.25, 0.3) is 5.57 Å². The second-order valence-electron chi connectivity index (χ2n) is 6.95. The van der Waals surface area contributed by atoms with Crippen molar-refractivity contribution in [1.29, 1.82) is 0 Å². The van der Waals surface area contributed by atoms with Crippen molar-refractivity contribution in [3.63, 3.8) is 0 Å². The van der Waals surface area contributed by atoms with E-state index in [1.54, 1.807) is 0 Å². The molecule has 4 rings (SSSR count). The van der Waals surface area contributed by atoms with Gasteiger partial charge in [0.2, 0.25) is 0 Å². The molecule has 2 aromatic carbocycles. The Labute approximate surface area is 153 Å². The number of imide groups is 1. The van der Waals surface area contributed by atoms with Crippen molar-refractivity contribution in [3.8, 4) is 0 Å². The lowest BCUT2D eigenvalue weighted by Crippen LogP contribution is -2.35. The summed E-state index contributed by atoms with van der Waals surface area (Å²) in [4.78, 5) is 30.2. The van der Waals surface area contributed by atoms with Gasteiger partial charge in [-0.05, 0) is 49.4 Å². The van der Waals surface area contributed by atoms with Gasteiger partial charge in [0.05, 0.1) is 11.3 Å². The third-order valence-corrected chi connectivity index (χ3v) is 5.36. The zero-order valence-electron chi connectivity index (χ0n) is 15.2. The maximum atomic E-state index is 13.4. The van der Waals surface area contributed by atoms with Crippen LogP contribution < -0.4 is 4.90 Å². The van der Waals surface area contributed by atoms with Crippen LogP contribution in [0.1, 0.15) is 29.5 Å². The molecule has 2 aliphatic rings. The van der Waals surface area contributed by atoms with Gasteiger partial charge in [-0.1, -0.05) is 42.5 Å². The minimum atomic E-state index is -0.225. The lowest BCUT2D eigenvalue weighted by atomic mass is 10.0. The highest BCUT2D eigenvalue weighted by molar-refractivity contribution is 6.45. The van der Waals surface area contributed by atoms with E-state index in [0.717, 1.165) is 42.6 Å². The molecular formula is C22H22N2O2. The molecule has 0 N–H and O–H groups in total. The van der Waals surface area contributed by atoms with Crippen molar-refractivity contribution in [2.45, 2.75) is 26.7 Å². The predicted molar refractivity (Wildman–Crippen MR) is 103 cm³/mol. The molecule has 0 saturated carbocycles. The minimum Gasteiger partial charge on any atom is -0.366 e. The predicted octanol–water partition coefficient (Wildman–Crippen LogP) is 3.68. The van der Waals surface area contributed by atoms with E-state index in [2.05, 4.69) is 4.90 Å². The van der Waals surface area contributed by atoms with E-state index in [4.69, 9.17) is 0 Å². The molecule has 0 unspecified atom stereocenters. The molecule has 0 aromatic heterocycles. The molecule has 0 bridgehead atoms. The lowest BCUT2D eigenvalue weighted by Gasteiger charge is -2.21. The summed E-state index contributed by atoms with van der Waals surface area (Å²) in [6.45, 7) is 5.61. The van der Waals surface area contributed by atoms with Crippen LogP contribution in [0.3, 0.4) is 0 Å². The fourth-order valence-corrected chi connectivity index (χ4v) is 3.81. The summed E-state index contributed by atoms with van der Waals surface area (Å²) in [7, 11) is 0. The standard InChI is InChI=1S/C22H22N2O2/c1-15-9-8-12-18(16(15)2)24-21(25)19(17-10-4-3-5-11-17)20(22(24)26)23-13-6-7-14-23/h3-5,8-12H,6-7,13-14H2,1-2H3. The summed E-state index contributed by atoms with van der Waals surface area (Å²) >= 11 is 0. The Bertz CT molecular complexity index is 909. The summed E-state index contributed by atoms with van der Waals surface area (Å²) in [5.74, 6) is -0.429. The quantitative estimate of drug-likeness (QED) is 0.796. The fourth-order valence-electron chi connectivity index (χ4n) is 3.81. The Balaban J connectivity index is 1.87. The molecule has 2 aliphatic heterocycles. The number of carbonyl (C=O) groups is 2. The zero-order valence-corrected chi connectivity index (χ0v) is 15.2. The van der Waals surface area contributed by atoms with Gasteiger partial charge >= 0.3 is 0 Å². The molecule has 2 heterocycles. The SMILES string of the molecule is Cc1cccc(N2C(=O)C(c3ccccc3)=C(N3CCCC3)C2=O)c1C. The number of benzene rings is 2. The van der Waals surface area contributed by atoms with Gasteiger partial charge in [0.25, 0.3) is 11.8 Å². The summed E-state index contributed by atoms with van der Waals surface area (Å²) in [5, 5.41) is 0. The Hall–Kier alpha value is -2.88. The number of likely N-dealkylation sites (tertiary alicyclic amines) is 1. The van der Waals surface area contributed by atoms with E-state index < -0.39 is 0 Å². The summed E-state index contributed by atoms with van der Waals surface area (Å²) < 4.78 is 0. The van der Waals surface area contributed by atoms with Gasteiger partial charge in [-0.3, -0.25) is 9.59 Å². The van der Waals surface area contributed by atoms with Crippen molar-refractivity contribution in [2.24, 2.45) is 0 Å². The Morgan fingerprint density at radius 2 is 1.50 bits per heavy atom. The molecule has 4 heteroatoms. The van der Waals surface area contributed by atoms with Gasteiger partial charge in [-0.25, -0.2) is 4.90 Å². The number of hydrogen-bond acceptors (Lipinski definition) is 3. The van der Waals surface area contributed by atoms with E-state index in [0.29, 0.717) is 17.0 Å². The average Bonchev–Trinajstić information content (AvgIpc) is 3.25.